The SMILES string of the molecule is O=C(COc1ccccc1)N1CC[C@@H](N2C(=O)[C@@H]3CCCN3C2=O)C1. The highest BCUT2D eigenvalue weighted by atomic mass is 16.5. The highest BCUT2D eigenvalue weighted by Crippen LogP contribution is 2.31. The molecule has 0 spiro atoms. The summed E-state index contributed by atoms with van der Waals surface area (Å²) in [6.45, 7) is 1.57. The molecule has 7 nitrogen and oxygen atoms in total. The van der Waals surface area contributed by atoms with Gasteiger partial charge < -0.3 is 14.5 Å². The van der Waals surface area contributed by atoms with E-state index in [1.54, 1.807) is 21.9 Å². The number of rotatable bonds is 4. The van der Waals surface area contributed by atoms with Crippen LogP contribution in [0.3, 0.4) is 0 Å². The third kappa shape index (κ3) is 2.83. The Labute approximate surface area is 146 Å². The molecule has 3 saturated heterocycles. The maximum absolute atomic E-state index is 12.5. The van der Waals surface area contributed by atoms with Crippen LogP contribution in [0.2, 0.25) is 0 Å². The lowest BCUT2D eigenvalue weighted by atomic mass is 10.2. The van der Waals surface area contributed by atoms with Gasteiger partial charge in [0.15, 0.2) is 6.61 Å². The van der Waals surface area contributed by atoms with Crippen LogP contribution >= 0.6 is 0 Å². The van der Waals surface area contributed by atoms with Crippen molar-refractivity contribution in [2.75, 3.05) is 26.2 Å². The first kappa shape index (κ1) is 15.9. The second-order valence-corrected chi connectivity index (χ2v) is 6.73. The molecule has 0 saturated carbocycles. The Kier molecular flexibility index (Phi) is 4.07. The van der Waals surface area contributed by atoms with Crippen LogP contribution in [0.1, 0.15) is 19.3 Å². The number of para-hydroxylation sites is 1. The number of hydrogen-bond acceptors (Lipinski definition) is 4. The number of likely N-dealkylation sites (tertiary alicyclic amines) is 1. The zero-order chi connectivity index (χ0) is 17.4. The van der Waals surface area contributed by atoms with Crippen LogP contribution in [-0.2, 0) is 9.59 Å². The molecule has 7 heteroatoms. The second-order valence-electron chi connectivity index (χ2n) is 6.73. The number of carbonyl (C=O) groups excluding carboxylic acids is 3. The predicted octanol–water partition coefficient (Wildman–Crippen LogP) is 1.09. The summed E-state index contributed by atoms with van der Waals surface area (Å²) < 4.78 is 5.50. The zero-order valence-electron chi connectivity index (χ0n) is 14.0. The molecule has 3 aliphatic heterocycles. The van der Waals surface area contributed by atoms with Gasteiger partial charge in [-0.2, -0.15) is 0 Å². The molecular formula is C18H21N3O4. The van der Waals surface area contributed by atoms with Crippen molar-refractivity contribution in [1.82, 2.24) is 14.7 Å². The molecule has 1 aromatic rings. The molecule has 2 atom stereocenters. The van der Waals surface area contributed by atoms with Gasteiger partial charge >= 0.3 is 6.03 Å². The van der Waals surface area contributed by atoms with Crippen LogP contribution in [0, 0.1) is 0 Å². The van der Waals surface area contributed by atoms with Crippen LogP contribution in [0.4, 0.5) is 4.79 Å². The normalized spacial score (nSPS) is 25.7. The third-order valence-corrected chi connectivity index (χ3v) is 5.21. The van der Waals surface area contributed by atoms with E-state index < -0.39 is 0 Å². The van der Waals surface area contributed by atoms with Gasteiger partial charge in [-0.1, -0.05) is 18.2 Å². The first-order valence-electron chi connectivity index (χ1n) is 8.74. The van der Waals surface area contributed by atoms with Gasteiger partial charge in [0.25, 0.3) is 11.8 Å². The number of amides is 4. The Bertz CT molecular complexity index is 671. The Hall–Kier alpha value is -2.57. The van der Waals surface area contributed by atoms with E-state index in [1.807, 2.05) is 18.2 Å². The first-order valence-corrected chi connectivity index (χ1v) is 8.74. The molecule has 0 bridgehead atoms. The van der Waals surface area contributed by atoms with Gasteiger partial charge in [-0.3, -0.25) is 14.5 Å². The van der Waals surface area contributed by atoms with Crippen molar-refractivity contribution in [1.29, 1.82) is 0 Å². The van der Waals surface area contributed by atoms with E-state index in [-0.39, 0.29) is 36.5 Å². The third-order valence-electron chi connectivity index (χ3n) is 5.21. The number of fused-ring (bicyclic) bond motifs is 1. The van der Waals surface area contributed by atoms with E-state index in [0.717, 1.165) is 12.8 Å². The van der Waals surface area contributed by atoms with Gasteiger partial charge in [-0.15, -0.1) is 0 Å². The summed E-state index contributed by atoms with van der Waals surface area (Å²) in [7, 11) is 0. The van der Waals surface area contributed by atoms with E-state index in [0.29, 0.717) is 31.8 Å². The van der Waals surface area contributed by atoms with Gasteiger partial charge in [0.1, 0.15) is 11.8 Å². The molecule has 4 rings (SSSR count). The van der Waals surface area contributed by atoms with E-state index >= 15 is 0 Å². The smallest absolute Gasteiger partial charge is 0.327 e. The number of imide groups is 1. The molecule has 25 heavy (non-hydrogen) atoms. The summed E-state index contributed by atoms with van der Waals surface area (Å²) in [5.74, 6) is 0.436. The monoisotopic (exact) mass is 343 g/mol. The molecule has 1 aromatic carbocycles. The Morgan fingerprint density at radius 1 is 1.12 bits per heavy atom. The average molecular weight is 343 g/mol. The van der Waals surface area contributed by atoms with E-state index in [4.69, 9.17) is 4.74 Å². The molecule has 0 aliphatic carbocycles. The van der Waals surface area contributed by atoms with Crippen molar-refractivity contribution in [3.63, 3.8) is 0 Å². The molecule has 132 valence electrons. The standard InChI is InChI=1S/C18H21N3O4/c22-16(12-25-14-5-2-1-3-6-14)19-10-8-13(11-19)21-17(23)15-7-4-9-20(15)18(21)24/h1-3,5-6,13,15H,4,7-12H2/t13-,15+/m1/s1. The summed E-state index contributed by atoms with van der Waals surface area (Å²) >= 11 is 0. The van der Waals surface area contributed by atoms with Gasteiger partial charge in [0.2, 0.25) is 0 Å². The summed E-state index contributed by atoms with van der Waals surface area (Å²) in [5, 5.41) is 0. The lowest BCUT2D eigenvalue weighted by Crippen LogP contribution is -2.44. The average Bonchev–Trinajstić information content (AvgIpc) is 3.33. The van der Waals surface area contributed by atoms with Gasteiger partial charge in [-0.05, 0) is 31.4 Å². The molecule has 3 heterocycles. The largest absolute Gasteiger partial charge is 0.484 e. The lowest BCUT2D eigenvalue weighted by molar-refractivity contribution is -0.133. The number of hydrogen-bond donors (Lipinski definition) is 0. The molecular weight excluding hydrogens is 322 g/mol. The first-order chi connectivity index (χ1) is 12.1. The fraction of sp³-hybridized carbons (Fsp3) is 0.500. The number of carbonyl (C=O) groups is 3. The fourth-order valence-electron chi connectivity index (χ4n) is 3.91. The maximum Gasteiger partial charge on any atom is 0.327 e. The summed E-state index contributed by atoms with van der Waals surface area (Å²) in [5.41, 5.74) is 0. The molecule has 0 unspecified atom stereocenters. The maximum atomic E-state index is 12.5. The Balaban J connectivity index is 1.34. The fourth-order valence-corrected chi connectivity index (χ4v) is 3.91. The van der Waals surface area contributed by atoms with Crippen LogP contribution in [-0.4, -0.2) is 70.9 Å². The zero-order valence-corrected chi connectivity index (χ0v) is 14.0. The minimum Gasteiger partial charge on any atom is -0.484 e. The van der Waals surface area contributed by atoms with Crippen molar-refractivity contribution in [2.24, 2.45) is 0 Å². The molecule has 0 N–H and O–H groups in total. The summed E-state index contributed by atoms with van der Waals surface area (Å²) in [6.07, 6.45) is 2.28. The molecule has 0 radical (unpaired) electrons. The quantitative estimate of drug-likeness (QED) is 0.768. The van der Waals surface area contributed by atoms with Crippen LogP contribution in [0.15, 0.2) is 30.3 Å². The molecule has 4 amide bonds. The summed E-state index contributed by atoms with van der Waals surface area (Å²) in [4.78, 5) is 42.1. The number of benzene rings is 1. The van der Waals surface area contributed by atoms with Crippen LogP contribution in [0.5, 0.6) is 5.75 Å². The Morgan fingerprint density at radius 2 is 1.92 bits per heavy atom. The van der Waals surface area contributed by atoms with Crippen LogP contribution < -0.4 is 4.74 Å². The van der Waals surface area contributed by atoms with Crippen molar-refractivity contribution in [2.45, 2.75) is 31.3 Å². The predicted molar refractivity (Wildman–Crippen MR) is 88.9 cm³/mol. The van der Waals surface area contributed by atoms with Crippen LogP contribution in [0.25, 0.3) is 0 Å². The van der Waals surface area contributed by atoms with Crippen molar-refractivity contribution in [3.05, 3.63) is 30.3 Å². The molecule has 0 aromatic heterocycles. The topological polar surface area (TPSA) is 70.2 Å². The number of ether oxygens (including phenoxy) is 1. The minimum atomic E-state index is -0.279. The highest BCUT2D eigenvalue weighted by Gasteiger charge is 2.51. The molecule has 3 fully saturated rings. The number of urea groups is 1. The van der Waals surface area contributed by atoms with E-state index in [9.17, 15) is 14.4 Å². The van der Waals surface area contributed by atoms with Crippen molar-refractivity contribution in [3.8, 4) is 5.75 Å². The van der Waals surface area contributed by atoms with E-state index in [2.05, 4.69) is 0 Å². The van der Waals surface area contributed by atoms with Gasteiger partial charge in [0, 0.05) is 19.6 Å². The lowest BCUT2D eigenvalue weighted by Gasteiger charge is -2.23. The van der Waals surface area contributed by atoms with E-state index in [1.165, 1.54) is 4.90 Å². The minimum absolute atomic E-state index is 0.0343. The van der Waals surface area contributed by atoms with Gasteiger partial charge in [-0.25, -0.2) is 4.79 Å². The Morgan fingerprint density at radius 3 is 2.68 bits per heavy atom. The van der Waals surface area contributed by atoms with Crippen molar-refractivity contribution >= 4 is 17.8 Å². The highest BCUT2D eigenvalue weighted by molar-refractivity contribution is 6.05. The summed E-state index contributed by atoms with van der Waals surface area (Å²) in [6, 6.07) is 8.50. The van der Waals surface area contributed by atoms with Crippen molar-refractivity contribution < 1.29 is 19.1 Å². The molecule has 3 aliphatic rings. The van der Waals surface area contributed by atoms with Gasteiger partial charge in [0.05, 0.1) is 6.04 Å². The second kappa shape index (κ2) is 6.38. The number of nitrogens with zero attached hydrogens (tertiary/aromatic N) is 3.